The molecule has 0 aromatic heterocycles. The summed E-state index contributed by atoms with van der Waals surface area (Å²) >= 11 is 0. The largest absolute Gasteiger partial charge is 0.394 e. The SMILES string of the molecule is CC(=O)CCC(=O)NCC(=O)[C@H](O)[C@H](O)[C@@H](O)CO. The quantitative estimate of drug-likeness (QED) is 0.304. The normalized spacial score (nSPS) is 15.4. The predicted octanol–water partition coefficient (Wildman–Crippen LogP) is -2.88. The van der Waals surface area contributed by atoms with Crippen LogP contribution in [-0.2, 0) is 14.4 Å². The van der Waals surface area contributed by atoms with Crippen molar-refractivity contribution in [2.24, 2.45) is 0 Å². The van der Waals surface area contributed by atoms with Crippen molar-refractivity contribution in [1.29, 1.82) is 0 Å². The summed E-state index contributed by atoms with van der Waals surface area (Å²) in [6.45, 7) is -0.0155. The van der Waals surface area contributed by atoms with Crippen LogP contribution in [0.25, 0.3) is 0 Å². The van der Waals surface area contributed by atoms with E-state index in [-0.39, 0.29) is 18.6 Å². The summed E-state index contributed by atoms with van der Waals surface area (Å²) in [5, 5.41) is 38.4. The highest BCUT2D eigenvalue weighted by molar-refractivity contribution is 5.90. The van der Waals surface area contributed by atoms with E-state index in [1.54, 1.807) is 0 Å². The highest BCUT2D eigenvalue weighted by Gasteiger charge is 2.29. The van der Waals surface area contributed by atoms with Crippen LogP contribution < -0.4 is 5.32 Å². The summed E-state index contributed by atoms with van der Waals surface area (Å²) in [5.74, 6) is -1.60. The van der Waals surface area contributed by atoms with Gasteiger partial charge in [-0.15, -0.1) is 0 Å². The molecule has 19 heavy (non-hydrogen) atoms. The Morgan fingerprint density at radius 2 is 1.68 bits per heavy atom. The first kappa shape index (κ1) is 17.6. The predicted molar refractivity (Wildman–Crippen MR) is 63.0 cm³/mol. The Balaban J connectivity index is 4.09. The third-order valence-electron chi connectivity index (χ3n) is 2.40. The first-order valence-electron chi connectivity index (χ1n) is 5.73. The number of nitrogens with one attached hydrogen (secondary N) is 1. The van der Waals surface area contributed by atoms with Crippen molar-refractivity contribution in [3.05, 3.63) is 0 Å². The zero-order valence-corrected chi connectivity index (χ0v) is 10.6. The molecule has 0 rings (SSSR count). The van der Waals surface area contributed by atoms with Gasteiger partial charge >= 0.3 is 0 Å². The fourth-order valence-corrected chi connectivity index (χ4v) is 1.18. The van der Waals surface area contributed by atoms with Crippen molar-refractivity contribution < 1.29 is 34.8 Å². The number of hydrogen-bond donors (Lipinski definition) is 5. The molecule has 0 radical (unpaired) electrons. The zero-order chi connectivity index (χ0) is 15.0. The Morgan fingerprint density at radius 1 is 1.11 bits per heavy atom. The molecule has 0 aliphatic carbocycles. The molecule has 0 unspecified atom stereocenters. The molecule has 0 aliphatic heterocycles. The van der Waals surface area contributed by atoms with Crippen molar-refractivity contribution in [1.82, 2.24) is 5.32 Å². The van der Waals surface area contributed by atoms with E-state index < -0.39 is 43.2 Å². The van der Waals surface area contributed by atoms with Crippen LogP contribution in [-0.4, -0.2) is 69.4 Å². The van der Waals surface area contributed by atoms with Gasteiger partial charge in [0.05, 0.1) is 13.2 Å². The van der Waals surface area contributed by atoms with E-state index in [1.807, 2.05) is 0 Å². The molecule has 3 atom stereocenters. The van der Waals surface area contributed by atoms with Crippen LogP contribution >= 0.6 is 0 Å². The Kier molecular flexibility index (Phi) is 8.08. The molecule has 0 heterocycles. The van der Waals surface area contributed by atoms with Crippen LogP contribution in [0.3, 0.4) is 0 Å². The van der Waals surface area contributed by atoms with E-state index in [0.29, 0.717) is 0 Å². The van der Waals surface area contributed by atoms with Gasteiger partial charge < -0.3 is 30.5 Å². The van der Waals surface area contributed by atoms with Crippen molar-refractivity contribution in [2.75, 3.05) is 13.2 Å². The lowest BCUT2D eigenvalue weighted by molar-refractivity contribution is -0.140. The van der Waals surface area contributed by atoms with E-state index >= 15 is 0 Å². The molecule has 110 valence electrons. The van der Waals surface area contributed by atoms with Gasteiger partial charge in [-0.1, -0.05) is 0 Å². The first-order chi connectivity index (χ1) is 8.79. The number of aliphatic hydroxyl groups is 4. The number of rotatable bonds is 9. The molecule has 0 bridgehead atoms. The molecular weight excluding hydrogens is 258 g/mol. The maximum atomic E-state index is 11.4. The first-order valence-corrected chi connectivity index (χ1v) is 5.73. The van der Waals surface area contributed by atoms with Gasteiger partial charge in [0.2, 0.25) is 5.91 Å². The maximum Gasteiger partial charge on any atom is 0.220 e. The van der Waals surface area contributed by atoms with Crippen LogP contribution in [0.1, 0.15) is 19.8 Å². The summed E-state index contributed by atoms with van der Waals surface area (Å²) < 4.78 is 0. The lowest BCUT2D eigenvalue weighted by atomic mass is 10.0. The Labute approximate surface area is 110 Å². The van der Waals surface area contributed by atoms with Crippen molar-refractivity contribution in [3.8, 4) is 0 Å². The number of ketones is 2. The molecule has 0 saturated heterocycles. The molecule has 5 N–H and O–H groups in total. The highest BCUT2D eigenvalue weighted by Crippen LogP contribution is 2.01. The summed E-state index contributed by atoms with van der Waals surface area (Å²) in [7, 11) is 0. The van der Waals surface area contributed by atoms with E-state index in [2.05, 4.69) is 5.32 Å². The van der Waals surface area contributed by atoms with Gasteiger partial charge in [-0.25, -0.2) is 0 Å². The van der Waals surface area contributed by atoms with Gasteiger partial charge in [0.25, 0.3) is 0 Å². The van der Waals surface area contributed by atoms with Gasteiger partial charge in [-0.05, 0) is 6.92 Å². The van der Waals surface area contributed by atoms with Gasteiger partial charge in [0.15, 0.2) is 5.78 Å². The monoisotopic (exact) mass is 277 g/mol. The number of hydrogen-bond acceptors (Lipinski definition) is 7. The van der Waals surface area contributed by atoms with E-state index in [9.17, 15) is 24.6 Å². The van der Waals surface area contributed by atoms with Crippen LogP contribution in [0.5, 0.6) is 0 Å². The fourth-order valence-electron chi connectivity index (χ4n) is 1.18. The van der Waals surface area contributed by atoms with E-state index in [0.717, 1.165) is 0 Å². The third kappa shape index (κ3) is 6.97. The molecule has 0 fully saturated rings. The number of carbonyl (C=O) groups excluding carboxylic acids is 3. The Morgan fingerprint density at radius 3 is 2.16 bits per heavy atom. The van der Waals surface area contributed by atoms with Gasteiger partial charge in [0, 0.05) is 12.8 Å². The molecule has 0 aromatic carbocycles. The molecule has 8 heteroatoms. The van der Waals surface area contributed by atoms with Gasteiger partial charge in [-0.2, -0.15) is 0 Å². The molecule has 0 aromatic rings. The molecule has 1 amide bonds. The minimum Gasteiger partial charge on any atom is -0.394 e. The average Bonchev–Trinajstić information content (AvgIpc) is 2.39. The number of Topliss-reactive ketones (excluding diaryl/α,β-unsaturated/α-hetero) is 2. The second-order valence-electron chi connectivity index (χ2n) is 4.13. The lowest BCUT2D eigenvalue weighted by Crippen LogP contribution is -2.47. The van der Waals surface area contributed by atoms with Crippen LogP contribution in [0, 0.1) is 0 Å². The van der Waals surface area contributed by atoms with Gasteiger partial charge in [-0.3, -0.25) is 9.59 Å². The van der Waals surface area contributed by atoms with Crippen molar-refractivity contribution in [2.45, 2.75) is 38.1 Å². The third-order valence-corrected chi connectivity index (χ3v) is 2.40. The minimum absolute atomic E-state index is 0.0500. The zero-order valence-electron chi connectivity index (χ0n) is 10.6. The van der Waals surface area contributed by atoms with E-state index in [4.69, 9.17) is 10.2 Å². The molecule has 8 nitrogen and oxygen atoms in total. The summed E-state index contributed by atoms with van der Waals surface area (Å²) in [6.07, 6.45) is -5.40. The highest BCUT2D eigenvalue weighted by atomic mass is 16.4. The smallest absolute Gasteiger partial charge is 0.220 e. The summed E-state index contributed by atoms with van der Waals surface area (Å²) in [6, 6.07) is 0. The molecule has 0 spiro atoms. The fraction of sp³-hybridized carbons (Fsp3) is 0.727. The number of carbonyl (C=O) groups is 3. The second-order valence-corrected chi connectivity index (χ2v) is 4.13. The Hall–Kier alpha value is -1.35. The average molecular weight is 277 g/mol. The molecule has 0 aliphatic rings. The minimum atomic E-state index is -1.91. The van der Waals surface area contributed by atoms with Crippen LogP contribution in [0.15, 0.2) is 0 Å². The van der Waals surface area contributed by atoms with Crippen LogP contribution in [0.4, 0.5) is 0 Å². The molecule has 0 saturated carbocycles. The van der Waals surface area contributed by atoms with E-state index in [1.165, 1.54) is 6.92 Å². The number of aliphatic hydroxyl groups excluding tert-OH is 4. The lowest BCUT2D eigenvalue weighted by Gasteiger charge is -2.20. The van der Waals surface area contributed by atoms with Gasteiger partial charge in [0.1, 0.15) is 24.1 Å². The topological polar surface area (TPSA) is 144 Å². The second kappa shape index (κ2) is 8.70. The summed E-state index contributed by atoms with van der Waals surface area (Å²) in [4.78, 5) is 33.2. The van der Waals surface area contributed by atoms with Crippen LogP contribution in [0.2, 0.25) is 0 Å². The maximum absolute atomic E-state index is 11.4. The standard InChI is InChI=1S/C11H19NO7/c1-6(14)2-3-9(17)12-4-7(15)10(18)11(19)8(16)5-13/h8,10-11,13,16,18-19H,2-5H2,1H3,(H,12,17)/t8-,10-,11+/m0/s1. The Bertz CT molecular complexity index is 331. The van der Waals surface area contributed by atoms with Crippen molar-refractivity contribution >= 4 is 17.5 Å². The molecular formula is C11H19NO7. The number of amides is 1. The summed E-state index contributed by atoms with van der Waals surface area (Å²) in [5.41, 5.74) is 0. The van der Waals surface area contributed by atoms with Crippen molar-refractivity contribution in [3.63, 3.8) is 0 Å².